The second-order valence-corrected chi connectivity index (χ2v) is 7.65. The Morgan fingerprint density at radius 1 is 1.19 bits per heavy atom. The topological polar surface area (TPSA) is 60.0 Å². The molecule has 0 saturated carbocycles. The molecule has 2 aromatic rings. The molecule has 166 valence electrons. The average molecular weight is 425 g/mol. The summed E-state index contributed by atoms with van der Waals surface area (Å²) in [7, 11) is 1.59. The molecule has 1 N–H and O–H groups in total. The van der Waals surface area contributed by atoms with Crippen molar-refractivity contribution in [2.75, 3.05) is 46.6 Å². The predicted molar refractivity (Wildman–Crippen MR) is 122 cm³/mol. The van der Waals surface area contributed by atoms with E-state index in [0.717, 1.165) is 25.1 Å². The molecule has 1 saturated heterocycles. The third-order valence-electron chi connectivity index (χ3n) is 5.41. The minimum Gasteiger partial charge on any atom is -0.493 e. The van der Waals surface area contributed by atoms with Crippen LogP contribution in [0, 0.1) is 6.92 Å². The maximum Gasteiger partial charge on any atom is 0.258 e. The third-order valence-corrected chi connectivity index (χ3v) is 5.41. The molecule has 1 amide bonds. The molecule has 3 rings (SSSR count). The molecule has 2 aromatic carbocycles. The highest BCUT2D eigenvalue weighted by Crippen LogP contribution is 2.28. The van der Waals surface area contributed by atoms with Gasteiger partial charge >= 0.3 is 0 Å². The molecule has 0 aromatic heterocycles. The second kappa shape index (κ2) is 11.5. The molecule has 6 heteroatoms. The molecule has 1 atom stereocenters. The first-order valence-electron chi connectivity index (χ1n) is 10.7. The molecule has 0 bridgehead atoms. The number of hydrogen-bond donors (Lipinski definition) is 1. The van der Waals surface area contributed by atoms with Gasteiger partial charge in [-0.1, -0.05) is 42.0 Å². The molecule has 1 heterocycles. The highest BCUT2D eigenvalue weighted by Gasteiger charge is 2.23. The number of nitrogens with one attached hydrogen (secondary N) is 1. The molecule has 31 heavy (non-hydrogen) atoms. The van der Waals surface area contributed by atoms with E-state index in [2.05, 4.69) is 48.0 Å². The Hall–Kier alpha value is -2.83. The fourth-order valence-electron chi connectivity index (χ4n) is 3.67. The number of morpholine rings is 1. The summed E-state index contributed by atoms with van der Waals surface area (Å²) in [5.41, 5.74) is 3.48. The number of carbonyl (C=O) groups is 1. The number of allylic oxidation sites excluding steroid dienone is 1. The zero-order valence-corrected chi connectivity index (χ0v) is 18.4. The Balaban J connectivity index is 1.59. The van der Waals surface area contributed by atoms with E-state index < -0.39 is 0 Å². The van der Waals surface area contributed by atoms with Gasteiger partial charge in [0.25, 0.3) is 5.91 Å². The first kappa shape index (κ1) is 22.8. The highest BCUT2D eigenvalue weighted by atomic mass is 16.5. The zero-order valence-electron chi connectivity index (χ0n) is 18.4. The highest BCUT2D eigenvalue weighted by molar-refractivity contribution is 5.77. The number of methoxy groups -OCH3 is 1. The summed E-state index contributed by atoms with van der Waals surface area (Å²) in [6.07, 6.45) is 2.58. The van der Waals surface area contributed by atoms with Gasteiger partial charge in [0.1, 0.15) is 0 Å². The van der Waals surface area contributed by atoms with E-state index in [4.69, 9.17) is 14.2 Å². The van der Waals surface area contributed by atoms with Gasteiger partial charge in [-0.3, -0.25) is 9.69 Å². The zero-order chi connectivity index (χ0) is 22.1. The van der Waals surface area contributed by atoms with Crippen molar-refractivity contribution in [2.24, 2.45) is 0 Å². The van der Waals surface area contributed by atoms with E-state index in [1.807, 2.05) is 24.3 Å². The summed E-state index contributed by atoms with van der Waals surface area (Å²) in [4.78, 5) is 14.9. The minimum atomic E-state index is -0.164. The van der Waals surface area contributed by atoms with Gasteiger partial charge in [-0.05, 0) is 36.6 Å². The average Bonchev–Trinajstić information content (AvgIpc) is 2.80. The summed E-state index contributed by atoms with van der Waals surface area (Å²) in [6.45, 7) is 9.38. The van der Waals surface area contributed by atoms with E-state index in [1.165, 1.54) is 11.1 Å². The van der Waals surface area contributed by atoms with Crippen molar-refractivity contribution < 1.29 is 19.0 Å². The Labute approximate surface area is 184 Å². The number of rotatable bonds is 10. The van der Waals surface area contributed by atoms with E-state index in [0.29, 0.717) is 31.3 Å². The maximum absolute atomic E-state index is 12.5. The lowest BCUT2D eigenvalue weighted by Crippen LogP contribution is -2.44. The monoisotopic (exact) mass is 424 g/mol. The largest absolute Gasteiger partial charge is 0.493 e. The smallest absolute Gasteiger partial charge is 0.258 e. The van der Waals surface area contributed by atoms with Gasteiger partial charge in [0.05, 0.1) is 26.4 Å². The molecule has 1 aliphatic heterocycles. The van der Waals surface area contributed by atoms with Gasteiger partial charge in [0.2, 0.25) is 0 Å². The summed E-state index contributed by atoms with van der Waals surface area (Å²) < 4.78 is 16.6. The lowest BCUT2D eigenvalue weighted by atomic mass is 10.0. The van der Waals surface area contributed by atoms with Crippen LogP contribution in [0.1, 0.15) is 22.7 Å². The van der Waals surface area contributed by atoms with Crippen LogP contribution < -0.4 is 14.8 Å². The van der Waals surface area contributed by atoms with Crippen molar-refractivity contribution >= 4 is 5.91 Å². The van der Waals surface area contributed by atoms with E-state index in [-0.39, 0.29) is 18.6 Å². The molecule has 0 spiro atoms. The van der Waals surface area contributed by atoms with E-state index in [1.54, 1.807) is 7.11 Å². The Kier molecular flexibility index (Phi) is 8.50. The van der Waals surface area contributed by atoms with Crippen LogP contribution in [0.5, 0.6) is 11.5 Å². The van der Waals surface area contributed by atoms with Crippen LogP contribution in [0.4, 0.5) is 0 Å². The van der Waals surface area contributed by atoms with Gasteiger partial charge in [0.15, 0.2) is 18.1 Å². The summed E-state index contributed by atoms with van der Waals surface area (Å²) in [5, 5.41) is 3.03. The van der Waals surface area contributed by atoms with Crippen molar-refractivity contribution in [2.45, 2.75) is 19.4 Å². The molecule has 0 aliphatic carbocycles. The molecular formula is C25H32N2O4. The van der Waals surface area contributed by atoms with Gasteiger partial charge in [0, 0.05) is 19.6 Å². The van der Waals surface area contributed by atoms with Crippen molar-refractivity contribution in [3.63, 3.8) is 0 Å². The summed E-state index contributed by atoms with van der Waals surface area (Å²) in [6, 6.07) is 14.3. The number of hydrogen-bond acceptors (Lipinski definition) is 5. The van der Waals surface area contributed by atoms with Gasteiger partial charge < -0.3 is 19.5 Å². The number of amides is 1. The van der Waals surface area contributed by atoms with Crippen LogP contribution in [0.2, 0.25) is 0 Å². The van der Waals surface area contributed by atoms with E-state index >= 15 is 0 Å². The SMILES string of the molecule is C=CCc1ccc(OCC(=O)NCC(c2ccc(C)cc2)N2CCOCC2)c(OC)c1. The number of carbonyl (C=O) groups excluding carboxylic acids is 1. The fraction of sp³-hybridized carbons (Fsp3) is 0.400. The lowest BCUT2D eigenvalue weighted by molar-refractivity contribution is -0.123. The van der Waals surface area contributed by atoms with Gasteiger partial charge in [-0.15, -0.1) is 6.58 Å². The van der Waals surface area contributed by atoms with Crippen LogP contribution in [-0.2, 0) is 16.0 Å². The minimum absolute atomic E-state index is 0.0686. The van der Waals surface area contributed by atoms with Crippen molar-refractivity contribution in [3.05, 3.63) is 71.8 Å². The summed E-state index contributed by atoms with van der Waals surface area (Å²) >= 11 is 0. The number of aryl methyl sites for hydroxylation is 1. The molecule has 1 fully saturated rings. The quantitative estimate of drug-likeness (QED) is 0.593. The van der Waals surface area contributed by atoms with Gasteiger partial charge in [-0.2, -0.15) is 0 Å². The van der Waals surface area contributed by atoms with Crippen molar-refractivity contribution in [1.29, 1.82) is 0 Å². The number of ether oxygens (including phenoxy) is 3. The lowest BCUT2D eigenvalue weighted by Gasteiger charge is -2.35. The van der Waals surface area contributed by atoms with Crippen molar-refractivity contribution in [3.8, 4) is 11.5 Å². The van der Waals surface area contributed by atoms with Crippen LogP contribution in [0.15, 0.2) is 55.1 Å². The first-order valence-corrected chi connectivity index (χ1v) is 10.7. The second-order valence-electron chi connectivity index (χ2n) is 7.65. The molecule has 1 unspecified atom stereocenters. The fourth-order valence-corrected chi connectivity index (χ4v) is 3.67. The van der Waals surface area contributed by atoms with Crippen LogP contribution in [0.3, 0.4) is 0 Å². The molecule has 6 nitrogen and oxygen atoms in total. The Morgan fingerprint density at radius 3 is 2.61 bits per heavy atom. The number of benzene rings is 2. The van der Waals surface area contributed by atoms with Crippen LogP contribution >= 0.6 is 0 Å². The normalized spacial score (nSPS) is 15.2. The van der Waals surface area contributed by atoms with Crippen LogP contribution in [0.25, 0.3) is 0 Å². The van der Waals surface area contributed by atoms with Crippen LogP contribution in [-0.4, -0.2) is 57.4 Å². The third kappa shape index (κ3) is 6.57. The standard InChI is InChI=1S/C25H32N2O4/c1-4-5-20-8-11-23(24(16-20)29-3)31-18-25(28)26-17-22(27-12-14-30-15-13-27)21-9-6-19(2)7-10-21/h4,6-11,16,22H,1,5,12-15,17-18H2,2-3H3,(H,26,28). The summed E-state index contributed by atoms with van der Waals surface area (Å²) in [5.74, 6) is 0.995. The molecule has 0 radical (unpaired) electrons. The first-order chi connectivity index (χ1) is 15.1. The Bertz CT molecular complexity index is 860. The van der Waals surface area contributed by atoms with Gasteiger partial charge in [-0.25, -0.2) is 0 Å². The molecule has 1 aliphatic rings. The number of nitrogens with zero attached hydrogens (tertiary/aromatic N) is 1. The van der Waals surface area contributed by atoms with E-state index in [9.17, 15) is 4.79 Å². The predicted octanol–water partition coefficient (Wildman–Crippen LogP) is 3.30. The van der Waals surface area contributed by atoms with Crippen molar-refractivity contribution in [1.82, 2.24) is 10.2 Å². The maximum atomic E-state index is 12.5. The molecular weight excluding hydrogens is 392 g/mol. The Morgan fingerprint density at radius 2 is 1.94 bits per heavy atom.